The van der Waals surface area contributed by atoms with Gasteiger partial charge in [0.2, 0.25) is 0 Å². The number of hydrogen-bond acceptors (Lipinski definition) is 4. The third kappa shape index (κ3) is 4.63. The van der Waals surface area contributed by atoms with Crippen LogP contribution in [0.1, 0.15) is 31.2 Å². The molecule has 0 fully saturated rings. The Bertz CT molecular complexity index is 384. The molecule has 0 aromatic carbocycles. The first-order valence-corrected chi connectivity index (χ1v) is 8.22. The van der Waals surface area contributed by atoms with Gasteiger partial charge in [-0.2, -0.15) is 0 Å². The van der Waals surface area contributed by atoms with E-state index in [-0.39, 0.29) is 11.8 Å². The van der Waals surface area contributed by atoms with Gasteiger partial charge in [-0.15, -0.1) is 11.3 Å². The van der Waals surface area contributed by atoms with Crippen LogP contribution in [0.15, 0.2) is 17.5 Å². The summed E-state index contributed by atoms with van der Waals surface area (Å²) in [6.07, 6.45) is 0.697. The topological polar surface area (TPSA) is 46.2 Å². The van der Waals surface area contributed by atoms with Gasteiger partial charge in [-0.3, -0.25) is 0 Å². The van der Waals surface area contributed by atoms with Crippen molar-refractivity contribution >= 4 is 21.2 Å². The lowest BCUT2D eigenvalue weighted by Crippen LogP contribution is -2.26. The summed E-state index contributed by atoms with van der Waals surface area (Å²) >= 11 is 1.69. The lowest BCUT2D eigenvalue weighted by Gasteiger charge is -2.11. The Morgan fingerprint density at radius 2 is 2.19 bits per heavy atom. The van der Waals surface area contributed by atoms with Crippen LogP contribution in [-0.4, -0.2) is 26.5 Å². The number of sulfone groups is 1. The molecule has 1 aromatic rings. The van der Waals surface area contributed by atoms with E-state index < -0.39 is 9.84 Å². The Hall–Kier alpha value is -0.390. The van der Waals surface area contributed by atoms with Gasteiger partial charge in [0.15, 0.2) is 9.84 Å². The SMILES string of the molecule is CCCS(=O)(=O)CCN[C@H](C)c1cccs1. The fraction of sp³-hybridized carbons (Fsp3) is 0.636. The zero-order valence-corrected chi connectivity index (χ0v) is 11.4. The highest BCUT2D eigenvalue weighted by atomic mass is 32.2. The molecule has 0 unspecified atom stereocenters. The van der Waals surface area contributed by atoms with Crippen LogP contribution in [0.25, 0.3) is 0 Å². The van der Waals surface area contributed by atoms with E-state index in [0.717, 1.165) is 0 Å². The van der Waals surface area contributed by atoms with E-state index in [9.17, 15) is 8.42 Å². The molecular formula is C11H19NO2S2. The average molecular weight is 261 g/mol. The predicted octanol–water partition coefficient (Wildman–Crippen LogP) is 2.22. The molecule has 0 spiro atoms. The highest BCUT2D eigenvalue weighted by Gasteiger charge is 2.10. The molecule has 0 saturated carbocycles. The van der Waals surface area contributed by atoms with E-state index >= 15 is 0 Å². The quantitative estimate of drug-likeness (QED) is 0.818. The van der Waals surface area contributed by atoms with E-state index in [1.807, 2.05) is 18.4 Å². The Kier molecular flexibility index (Phi) is 5.44. The van der Waals surface area contributed by atoms with Crippen LogP contribution in [0, 0.1) is 0 Å². The minimum Gasteiger partial charge on any atom is -0.308 e. The molecular weight excluding hydrogens is 242 g/mol. The van der Waals surface area contributed by atoms with Crippen molar-refractivity contribution in [1.82, 2.24) is 5.32 Å². The summed E-state index contributed by atoms with van der Waals surface area (Å²) in [4.78, 5) is 1.24. The first kappa shape index (κ1) is 13.7. The van der Waals surface area contributed by atoms with Crippen LogP contribution in [0.4, 0.5) is 0 Å². The van der Waals surface area contributed by atoms with Gasteiger partial charge in [0.1, 0.15) is 0 Å². The lowest BCUT2D eigenvalue weighted by atomic mass is 10.3. The van der Waals surface area contributed by atoms with Gasteiger partial charge in [-0.25, -0.2) is 8.42 Å². The first-order valence-electron chi connectivity index (χ1n) is 5.52. The summed E-state index contributed by atoms with van der Waals surface area (Å²) in [6.45, 7) is 4.47. The zero-order chi connectivity index (χ0) is 12.0. The van der Waals surface area contributed by atoms with Crippen LogP contribution in [0.2, 0.25) is 0 Å². The molecule has 16 heavy (non-hydrogen) atoms. The molecule has 1 N–H and O–H groups in total. The Balaban J connectivity index is 2.31. The van der Waals surface area contributed by atoms with Gasteiger partial charge in [0.25, 0.3) is 0 Å². The van der Waals surface area contributed by atoms with E-state index in [1.54, 1.807) is 11.3 Å². The Morgan fingerprint density at radius 1 is 1.44 bits per heavy atom. The van der Waals surface area contributed by atoms with Crippen molar-refractivity contribution in [2.24, 2.45) is 0 Å². The summed E-state index contributed by atoms with van der Waals surface area (Å²) < 4.78 is 22.9. The number of thiophene rings is 1. The summed E-state index contributed by atoms with van der Waals surface area (Å²) in [6, 6.07) is 4.30. The normalized spacial score (nSPS) is 13.9. The van der Waals surface area contributed by atoms with Crippen molar-refractivity contribution in [3.8, 4) is 0 Å². The van der Waals surface area contributed by atoms with Gasteiger partial charge in [-0.05, 0) is 24.8 Å². The standard InChI is InChI=1S/C11H19NO2S2/c1-3-8-16(13,14)9-6-12-10(2)11-5-4-7-15-11/h4-5,7,10,12H,3,6,8-9H2,1-2H3/t10-/m1/s1. The summed E-state index contributed by atoms with van der Waals surface area (Å²) in [7, 11) is -2.86. The largest absolute Gasteiger partial charge is 0.308 e. The second kappa shape index (κ2) is 6.37. The lowest BCUT2D eigenvalue weighted by molar-refractivity contribution is 0.575. The van der Waals surface area contributed by atoms with Gasteiger partial charge in [0.05, 0.1) is 5.75 Å². The van der Waals surface area contributed by atoms with E-state index in [1.165, 1.54) is 4.88 Å². The first-order chi connectivity index (χ1) is 7.55. The van der Waals surface area contributed by atoms with Crippen molar-refractivity contribution in [1.29, 1.82) is 0 Å². The highest BCUT2D eigenvalue weighted by molar-refractivity contribution is 7.91. The maximum atomic E-state index is 11.5. The van der Waals surface area contributed by atoms with Gasteiger partial charge < -0.3 is 5.32 Å². The van der Waals surface area contributed by atoms with Crippen molar-refractivity contribution < 1.29 is 8.42 Å². The van der Waals surface area contributed by atoms with E-state index in [4.69, 9.17) is 0 Å². The van der Waals surface area contributed by atoms with Crippen LogP contribution < -0.4 is 5.32 Å². The summed E-state index contributed by atoms with van der Waals surface area (Å²) in [5.74, 6) is 0.526. The summed E-state index contributed by atoms with van der Waals surface area (Å²) in [5.41, 5.74) is 0. The highest BCUT2D eigenvalue weighted by Crippen LogP contribution is 2.17. The third-order valence-electron chi connectivity index (χ3n) is 2.35. The van der Waals surface area contributed by atoms with Crippen LogP contribution in [-0.2, 0) is 9.84 Å². The molecule has 1 rings (SSSR count). The van der Waals surface area contributed by atoms with Gasteiger partial charge in [0, 0.05) is 23.2 Å². The molecule has 0 bridgehead atoms. The predicted molar refractivity (Wildman–Crippen MR) is 69.7 cm³/mol. The van der Waals surface area contributed by atoms with Crippen LogP contribution in [0.3, 0.4) is 0 Å². The molecule has 0 amide bonds. The number of rotatable bonds is 7. The Labute approximate surface area is 102 Å². The van der Waals surface area contributed by atoms with Crippen molar-refractivity contribution in [2.45, 2.75) is 26.3 Å². The van der Waals surface area contributed by atoms with Crippen molar-refractivity contribution in [2.75, 3.05) is 18.1 Å². The molecule has 1 atom stereocenters. The number of nitrogens with one attached hydrogen (secondary N) is 1. The van der Waals surface area contributed by atoms with Crippen LogP contribution in [0.5, 0.6) is 0 Å². The van der Waals surface area contributed by atoms with E-state index in [2.05, 4.69) is 18.3 Å². The molecule has 5 heteroatoms. The molecule has 0 radical (unpaired) electrons. The average Bonchev–Trinajstić information content (AvgIpc) is 2.69. The molecule has 1 aromatic heterocycles. The van der Waals surface area contributed by atoms with Gasteiger partial charge >= 0.3 is 0 Å². The zero-order valence-electron chi connectivity index (χ0n) is 9.77. The minimum absolute atomic E-state index is 0.233. The maximum Gasteiger partial charge on any atom is 0.151 e. The Morgan fingerprint density at radius 3 is 2.75 bits per heavy atom. The minimum atomic E-state index is -2.86. The molecule has 0 saturated heterocycles. The maximum absolute atomic E-state index is 11.5. The molecule has 92 valence electrons. The van der Waals surface area contributed by atoms with Crippen LogP contribution >= 0.6 is 11.3 Å². The molecule has 3 nitrogen and oxygen atoms in total. The fourth-order valence-electron chi connectivity index (χ4n) is 1.48. The molecule has 0 aliphatic carbocycles. The van der Waals surface area contributed by atoms with Crippen molar-refractivity contribution in [3.63, 3.8) is 0 Å². The second-order valence-electron chi connectivity index (χ2n) is 3.84. The second-order valence-corrected chi connectivity index (χ2v) is 7.13. The third-order valence-corrected chi connectivity index (χ3v) is 5.26. The number of hydrogen-bond donors (Lipinski definition) is 1. The smallest absolute Gasteiger partial charge is 0.151 e. The monoisotopic (exact) mass is 261 g/mol. The van der Waals surface area contributed by atoms with Crippen molar-refractivity contribution in [3.05, 3.63) is 22.4 Å². The molecule has 1 heterocycles. The fourth-order valence-corrected chi connectivity index (χ4v) is 3.50. The molecule has 0 aliphatic heterocycles. The van der Waals surface area contributed by atoms with E-state index in [0.29, 0.717) is 18.7 Å². The molecule has 0 aliphatic rings. The summed E-state index contributed by atoms with van der Waals surface area (Å²) in [5, 5.41) is 5.26. The van der Waals surface area contributed by atoms with Gasteiger partial charge in [-0.1, -0.05) is 13.0 Å².